The third-order valence-corrected chi connectivity index (χ3v) is 4.03. The van der Waals surface area contributed by atoms with Gasteiger partial charge in [0, 0.05) is 18.3 Å². The Labute approximate surface area is 104 Å². The number of pyridine rings is 1. The monoisotopic (exact) mass is 256 g/mol. The molecule has 0 spiro atoms. The molecule has 1 aromatic rings. The summed E-state index contributed by atoms with van der Waals surface area (Å²) >= 11 is 0. The van der Waals surface area contributed by atoms with E-state index in [0.29, 0.717) is 17.9 Å². The average molecular weight is 256 g/mol. The maximum absolute atomic E-state index is 12.5. The predicted molar refractivity (Wildman–Crippen MR) is 62.4 cm³/mol. The first-order valence-corrected chi connectivity index (χ1v) is 6.37. The van der Waals surface area contributed by atoms with Gasteiger partial charge in [-0.25, -0.2) is 4.98 Å². The number of anilines is 1. The van der Waals surface area contributed by atoms with E-state index in [2.05, 4.69) is 9.88 Å². The summed E-state index contributed by atoms with van der Waals surface area (Å²) in [5.74, 6) is 0.704. The Morgan fingerprint density at radius 3 is 2.22 bits per heavy atom. The maximum Gasteiger partial charge on any atom is 0.417 e. The van der Waals surface area contributed by atoms with Crippen LogP contribution in [-0.4, -0.2) is 17.1 Å². The van der Waals surface area contributed by atoms with Crippen molar-refractivity contribution >= 4 is 5.82 Å². The average Bonchev–Trinajstić information content (AvgIpc) is 2.58. The zero-order valence-corrected chi connectivity index (χ0v) is 9.95. The third-order valence-electron chi connectivity index (χ3n) is 4.03. The summed E-state index contributed by atoms with van der Waals surface area (Å²) in [4.78, 5) is 6.24. The first-order chi connectivity index (χ1) is 8.55. The van der Waals surface area contributed by atoms with Crippen molar-refractivity contribution in [1.29, 1.82) is 0 Å². The molecule has 2 nitrogen and oxygen atoms in total. The van der Waals surface area contributed by atoms with E-state index in [0.717, 1.165) is 37.9 Å². The van der Waals surface area contributed by atoms with Gasteiger partial charge in [-0.15, -0.1) is 0 Å². The minimum absolute atomic E-state index is 0.480. The second kappa shape index (κ2) is 4.14. The van der Waals surface area contributed by atoms with Crippen molar-refractivity contribution in [1.82, 2.24) is 4.98 Å². The third kappa shape index (κ3) is 1.95. The zero-order valence-electron chi connectivity index (χ0n) is 9.95. The fourth-order valence-corrected chi connectivity index (χ4v) is 3.20. The molecule has 2 fully saturated rings. The van der Waals surface area contributed by atoms with Gasteiger partial charge in [0.25, 0.3) is 0 Å². The number of hydrogen-bond acceptors (Lipinski definition) is 2. The van der Waals surface area contributed by atoms with Crippen LogP contribution in [0.1, 0.15) is 37.7 Å². The van der Waals surface area contributed by atoms with E-state index >= 15 is 0 Å². The van der Waals surface area contributed by atoms with Gasteiger partial charge in [0.05, 0.1) is 5.56 Å². The number of hydrogen-bond donors (Lipinski definition) is 0. The number of piperidine rings is 1. The number of nitrogens with zero attached hydrogens (tertiary/aromatic N) is 2. The predicted octanol–water partition coefficient (Wildman–Crippen LogP) is 3.62. The van der Waals surface area contributed by atoms with E-state index < -0.39 is 11.7 Å². The van der Waals surface area contributed by atoms with Gasteiger partial charge < -0.3 is 4.90 Å². The van der Waals surface area contributed by atoms with E-state index in [1.54, 1.807) is 0 Å². The van der Waals surface area contributed by atoms with E-state index in [1.807, 2.05) is 0 Å². The van der Waals surface area contributed by atoms with Crippen LogP contribution in [0, 0.1) is 0 Å². The van der Waals surface area contributed by atoms with Crippen molar-refractivity contribution in [3.63, 3.8) is 0 Å². The minimum atomic E-state index is -4.30. The molecule has 0 saturated carbocycles. The van der Waals surface area contributed by atoms with Crippen molar-refractivity contribution < 1.29 is 13.2 Å². The fourth-order valence-electron chi connectivity index (χ4n) is 3.20. The van der Waals surface area contributed by atoms with E-state index in [-0.39, 0.29) is 0 Å². The molecule has 2 bridgehead atoms. The van der Waals surface area contributed by atoms with Gasteiger partial charge in [0.15, 0.2) is 0 Å². The molecule has 5 heteroatoms. The number of fused-ring (bicyclic) bond motifs is 2. The second-order valence-electron chi connectivity index (χ2n) is 5.13. The fraction of sp³-hybridized carbons (Fsp3) is 0.615. The highest BCUT2D eigenvalue weighted by molar-refractivity contribution is 5.44. The molecule has 2 aliphatic heterocycles. The van der Waals surface area contributed by atoms with E-state index in [9.17, 15) is 13.2 Å². The lowest BCUT2D eigenvalue weighted by molar-refractivity contribution is -0.137. The molecule has 1 aromatic heterocycles. The first kappa shape index (κ1) is 11.8. The van der Waals surface area contributed by atoms with Crippen molar-refractivity contribution in [2.75, 3.05) is 4.90 Å². The molecule has 2 saturated heterocycles. The molecule has 2 aliphatic rings. The summed E-state index contributed by atoms with van der Waals surface area (Å²) in [6, 6.07) is 3.61. The molecule has 0 aliphatic carbocycles. The Hall–Kier alpha value is -1.26. The number of aromatic nitrogens is 1. The lowest BCUT2D eigenvalue weighted by Gasteiger charge is -2.35. The van der Waals surface area contributed by atoms with Gasteiger partial charge in [-0.05, 0) is 44.2 Å². The van der Waals surface area contributed by atoms with Crippen LogP contribution in [0.2, 0.25) is 0 Å². The Kier molecular flexibility index (Phi) is 2.72. The van der Waals surface area contributed by atoms with Crippen molar-refractivity contribution in [3.05, 3.63) is 23.9 Å². The smallest absolute Gasteiger partial charge is 0.351 e. The van der Waals surface area contributed by atoms with Gasteiger partial charge >= 0.3 is 6.18 Å². The molecule has 2 atom stereocenters. The molecular weight excluding hydrogens is 241 g/mol. The highest BCUT2D eigenvalue weighted by Crippen LogP contribution is 2.39. The molecule has 2 unspecified atom stereocenters. The minimum Gasteiger partial charge on any atom is -0.351 e. The van der Waals surface area contributed by atoms with Crippen LogP contribution in [0.4, 0.5) is 19.0 Å². The summed E-state index contributed by atoms with van der Waals surface area (Å²) in [5.41, 5.74) is -0.671. The molecular formula is C13H15F3N2. The summed E-state index contributed by atoms with van der Waals surface area (Å²) in [6.07, 6.45) is 2.45. The van der Waals surface area contributed by atoms with Crippen LogP contribution in [0.3, 0.4) is 0 Å². The number of alkyl halides is 3. The van der Waals surface area contributed by atoms with Crippen molar-refractivity contribution in [2.45, 2.75) is 50.4 Å². The topological polar surface area (TPSA) is 16.1 Å². The summed E-state index contributed by atoms with van der Waals surface area (Å²) < 4.78 is 37.4. The lowest BCUT2D eigenvalue weighted by atomic mass is 10.0. The van der Waals surface area contributed by atoms with Gasteiger partial charge in [-0.1, -0.05) is 0 Å². The second-order valence-corrected chi connectivity index (χ2v) is 5.13. The van der Waals surface area contributed by atoms with Crippen LogP contribution >= 0.6 is 0 Å². The number of halogens is 3. The Morgan fingerprint density at radius 1 is 1.06 bits per heavy atom. The standard InChI is InChI=1S/C13H15F3N2/c14-13(15,16)9-4-7-12(17-8-9)18-10-2-1-3-11(18)6-5-10/h4,7-8,10-11H,1-3,5-6H2. The van der Waals surface area contributed by atoms with E-state index in [4.69, 9.17) is 0 Å². The highest BCUT2D eigenvalue weighted by Gasteiger charge is 2.37. The van der Waals surface area contributed by atoms with Crippen LogP contribution in [0.5, 0.6) is 0 Å². The van der Waals surface area contributed by atoms with Crippen LogP contribution < -0.4 is 4.90 Å². The Balaban J connectivity index is 1.85. The van der Waals surface area contributed by atoms with Gasteiger partial charge in [0.1, 0.15) is 5.82 Å². The van der Waals surface area contributed by atoms with Crippen molar-refractivity contribution in [2.24, 2.45) is 0 Å². The maximum atomic E-state index is 12.5. The van der Waals surface area contributed by atoms with Crippen LogP contribution in [0.15, 0.2) is 18.3 Å². The molecule has 0 amide bonds. The molecule has 3 heterocycles. The van der Waals surface area contributed by atoms with Gasteiger partial charge in [0.2, 0.25) is 0 Å². The SMILES string of the molecule is FC(F)(F)c1ccc(N2C3CCCC2CC3)nc1. The summed E-state index contributed by atoms with van der Waals surface area (Å²) in [5, 5.41) is 0. The van der Waals surface area contributed by atoms with Crippen LogP contribution in [0.25, 0.3) is 0 Å². The lowest BCUT2D eigenvalue weighted by Crippen LogP contribution is -2.40. The van der Waals surface area contributed by atoms with Gasteiger partial charge in [-0.2, -0.15) is 13.2 Å². The molecule has 0 aromatic carbocycles. The molecule has 18 heavy (non-hydrogen) atoms. The molecule has 0 radical (unpaired) electrons. The highest BCUT2D eigenvalue weighted by atomic mass is 19.4. The molecule has 98 valence electrons. The summed E-state index contributed by atoms with van der Waals surface area (Å²) in [7, 11) is 0. The zero-order chi connectivity index (χ0) is 12.8. The Bertz CT molecular complexity index is 411. The first-order valence-electron chi connectivity index (χ1n) is 6.37. The van der Waals surface area contributed by atoms with Crippen LogP contribution in [-0.2, 0) is 6.18 Å². The number of rotatable bonds is 1. The molecule has 3 rings (SSSR count). The Morgan fingerprint density at radius 2 is 1.72 bits per heavy atom. The van der Waals surface area contributed by atoms with E-state index in [1.165, 1.54) is 12.5 Å². The molecule has 0 N–H and O–H groups in total. The largest absolute Gasteiger partial charge is 0.417 e. The summed E-state index contributed by atoms with van der Waals surface area (Å²) in [6.45, 7) is 0. The normalized spacial score (nSPS) is 27.6. The van der Waals surface area contributed by atoms with Crippen molar-refractivity contribution in [3.8, 4) is 0 Å². The quantitative estimate of drug-likeness (QED) is 0.763. The van der Waals surface area contributed by atoms with Gasteiger partial charge in [-0.3, -0.25) is 0 Å².